The van der Waals surface area contributed by atoms with Crippen LogP contribution in [0.25, 0.3) is 0 Å². The van der Waals surface area contributed by atoms with Crippen molar-refractivity contribution in [3.05, 3.63) is 0 Å². The molecule has 0 bridgehead atoms. The van der Waals surface area contributed by atoms with Crippen LogP contribution in [0.3, 0.4) is 0 Å². The number of piperazine rings is 1. The third-order valence-electron chi connectivity index (χ3n) is 5.90. The fraction of sp³-hybridized carbons (Fsp3) is 1.00. The molecule has 1 heterocycles. The Morgan fingerprint density at radius 2 is 1.42 bits per heavy atom. The Labute approximate surface area is 119 Å². The summed E-state index contributed by atoms with van der Waals surface area (Å²) < 4.78 is 0. The minimum atomic E-state index is 0.921. The molecule has 2 aliphatic carbocycles. The normalized spacial score (nSPS) is 35.8. The minimum absolute atomic E-state index is 0.921. The van der Waals surface area contributed by atoms with Crippen LogP contribution in [0.15, 0.2) is 0 Å². The molecule has 0 spiro atoms. The fourth-order valence-electron chi connectivity index (χ4n) is 4.48. The first-order valence-corrected chi connectivity index (χ1v) is 8.77. The van der Waals surface area contributed by atoms with E-state index in [0.29, 0.717) is 0 Å². The number of nitrogens with zero attached hydrogens (tertiary/aromatic N) is 2. The Morgan fingerprint density at radius 3 is 2.05 bits per heavy atom. The van der Waals surface area contributed by atoms with Gasteiger partial charge in [0.1, 0.15) is 0 Å². The summed E-state index contributed by atoms with van der Waals surface area (Å²) in [5.41, 5.74) is 0. The van der Waals surface area contributed by atoms with Crippen LogP contribution in [0.1, 0.15) is 58.3 Å². The van der Waals surface area contributed by atoms with E-state index in [9.17, 15) is 0 Å². The molecule has 19 heavy (non-hydrogen) atoms. The Balaban J connectivity index is 1.39. The van der Waals surface area contributed by atoms with Crippen LogP contribution >= 0.6 is 0 Å². The molecule has 0 radical (unpaired) electrons. The van der Waals surface area contributed by atoms with Crippen molar-refractivity contribution < 1.29 is 0 Å². The predicted molar refractivity (Wildman–Crippen MR) is 81.4 cm³/mol. The molecule has 110 valence electrons. The second-order valence-electron chi connectivity index (χ2n) is 7.40. The zero-order valence-corrected chi connectivity index (χ0v) is 12.8. The molecule has 0 amide bonds. The molecular formula is C17H32N2. The van der Waals surface area contributed by atoms with Crippen molar-refractivity contribution in [2.24, 2.45) is 11.8 Å². The molecule has 0 atom stereocenters. The maximum absolute atomic E-state index is 2.80. The highest BCUT2D eigenvalue weighted by atomic mass is 15.3. The lowest BCUT2D eigenvalue weighted by Gasteiger charge is -2.42. The second-order valence-corrected chi connectivity index (χ2v) is 7.40. The van der Waals surface area contributed by atoms with E-state index < -0.39 is 0 Å². The van der Waals surface area contributed by atoms with Gasteiger partial charge in [0.2, 0.25) is 0 Å². The van der Waals surface area contributed by atoms with Crippen molar-refractivity contribution in [3.8, 4) is 0 Å². The Morgan fingerprint density at radius 1 is 0.789 bits per heavy atom. The first-order valence-electron chi connectivity index (χ1n) is 8.77. The van der Waals surface area contributed by atoms with Crippen LogP contribution in [0.5, 0.6) is 0 Å². The molecule has 0 aromatic rings. The number of rotatable bonds is 3. The zero-order chi connectivity index (χ0) is 13.1. The molecule has 0 unspecified atom stereocenters. The van der Waals surface area contributed by atoms with Crippen LogP contribution in [-0.4, -0.2) is 48.6 Å². The van der Waals surface area contributed by atoms with Gasteiger partial charge in [-0.1, -0.05) is 19.8 Å². The average molecular weight is 264 g/mol. The number of hydrogen-bond donors (Lipinski definition) is 0. The van der Waals surface area contributed by atoms with Crippen molar-refractivity contribution in [1.29, 1.82) is 0 Å². The summed E-state index contributed by atoms with van der Waals surface area (Å²) in [4.78, 5) is 5.55. The van der Waals surface area contributed by atoms with Crippen molar-refractivity contribution in [2.45, 2.75) is 64.3 Å². The van der Waals surface area contributed by atoms with Crippen molar-refractivity contribution in [3.63, 3.8) is 0 Å². The third-order valence-corrected chi connectivity index (χ3v) is 5.90. The van der Waals surface area contributed by atoms with Gasteiger partial charge < -0.3 is 4.90 Å². The van der Waals surface area contributed by atoms with E-state index in [4.69, 9.17) is 0 Å². The molecule has 0 aromatic heterocycles. The molecule has 2 saturated carbocycles. The lowest BCUT2D eigenvalue weighted by atomic mass is 9.86. The molecule has 1 saturated heterocycles. The van der Waals surface area contributed by atoms with E-state index in [1.165, 1.54) is 84.1 Å². The summed E-state index contributed by atoms with van der Waals surface area (Å²) in [6, 6.07) is 0.921. The SMILES string of the molecule is CC1CCC(N2CCN(CC3CCCC3)CC2)CC1. The first-order chi connectivity index (χ1) is 9.31. The van der Waals surface area contributed by atoms with Crippen molar-refractivity contribution >= 4 is 0 Å². The largest absolute Gasteiger partial charge is 0.301 e. The Kier molecular flexibility index (Phi) is 4.81. The highest BCUT2D eigenvalue weighted by molar-refractivity contribution is 4.83. The lowest BCUT2D eigenvalue weighted by molar-refractivity contribution is 0.0653. The van der Waals surface area contributed by atoms with E-state index in [2.05, 4.69) is 16.7 Å². The van der Waals surface area contributed by atoms with Gasteiger partial charge in [0.25, 0.3) is 0 Å². The van der Waals surface area contributed by atoms with Crippen molar-refractivity contribution in [1.82, 2.24) is 9.80 Å². The van der Waals surface area contributed by atoms with Crippen LogP contribution < -0.4 is 0 Å². The van der Waals surface area contributed by atoms with E-state index >= 15 is 0 Å². The average Bonchev–Trinajstić information content (AvgIpc) is 2.94. The van der Waals surface area contributed by atoms with Gasteiger partial charge in [-0.05, 0) is 50.4 Å². The van der Waals surface area contributed by atoms with E-state index in [1.54, 1.807) is 0 Å². The highest BCUT2D eigenvalue weighted by Crippen LogP contribution is 2.29. The maximum Gasteiger partial charge on any atom is 0.0113 e. The predicted octanol–water partition coefficient (Wildman–Crippen LogP) is 3.37. The molecule has 0 N–H and O–H groups in total. The van der Waals surface area contributed by atoms with Gasteiger partial charge in [0.15, 0.2) is 0 Å². The molecule has 3 fully saturated rings. The van der Waals surface area contributed by atoms with Gasteiger partial charge in [-0.3, -0.25) is 4.90 Å². The van der Waals surface area contributed by atoms with Gasteiger partial charge in [0, 0.05) is 38.8 Å². The van der Waals surface area contributed by atoms with Crippen LogP contribution in [0, 0.1) is 11.8 Å². The molecule has 1 aliphatic heterocycles. The monoisotopic (exact) mass is 264 g/mol. The van der Waals surface area contributed by atoms with Crippen LogP contribution in [-0.2, 0) is 0 Å². The molecule has 2 nitrogen and oxygen atoms in total. The lowest BCUT2D eigenvalue weighted by Crippen LogP contribution is -2.51. The minimum Gasteiger partial charge on any atom is -0.301 e. The summed E-state index contributed by atoms with van der Waals surface area (Å²) in [6.45, 7) is 9.17. The van der Waals surface area contributed by atoms with E-state index in [1.807, 2.05) is 0 Å². The molecule has 3 aliphatic rings. The fourth-order valence-corrected chi connectivity index (χ4v) is 4.48. The van der Waals surface area contributed by atoms with Crippen molar-refractivity contribution in [2.75, 3.05) is 32.7 Å². The standard InChI is InChI=1S/C17H32N2/c1-15-6-8-17(9-7-15)19-12-10-18(11-13-19)14-16-4-2-3-5-16/h15-17H,2-14H2,1H3. The Bertz CT molecular complexity index is 256. The van der Waals surface area contributed by atoms with E-state index in [-0.39, 0.29) is 0 Å². The van der Waals surface area contributed by atoms with Gasteiger partial charge in [-0.2, -0.15) is 0 Å². The van der Waals surface area contributed by atoms with E-state index in [0.717, 1.165) is 17.9 Å². The summed E-state index contributed by atoms with van der Waals surface area (Å²) in [5.74, 6) is 2.02. The van der Waals surface area contributed by atoms with Gasteiger partial charge in [-0.15, -0.1) is 0 Å². The number of hydrogen-bond acceptors (Lipinski definition) is 2. The second kappa shape index (κ2) is 6.58. The third kappa shape index (κ3) is 3.72. The highest BCUT2D eigenvalue weighted by Gasteiger charge is 2.28. The van der Waals surface area contributed by atoms with Crippen LogP contribution in [0.2, 0.25) is 0 Å². The summed E-state index contributed by atoms with van der Waals surface area (Å²) >= 11 is 0. The van der Waals surface area contributed by atoms with Gasteiger partial charge in [-0.25, -0.2) is 0 Å². The molecule has 0 aromatic carbocycles. The van der Waals surface area contributed by atoms with Crippen LogP contribution in [0.4, 0.5) is 0 Å². The topological polar surface area (TPSA) is 6.48 Å². The smallest absolute Gasteiger partial charge is 0.0113 e. The van der Waals surface area contributed by atoms with Gasteiger partial charge in [0.05, 0.1) is 0 Å². The molecular weight excluding hydrogens is 232 g/mol. The summed E-state index contributed by atoms with van der Waals surface area (Å²) in [6.07, 6.45) is 11.8. The van der Waals surface area contributed by atoms with Gasteiger partial charge >= 0.3 is 0 Å². The summed E-state index contributed by atoms with van der Waals surface area (Å²) in [7, 11) is 0. The Hall–Kier alpha value is -0.0800. The quantitative estimate of drug-likeness (QED) is 0.771. The first kappa shape index (κ1) is 13.9. The molecule has 2 heteroatoms. The zero-order valence-electron chi connectivity index (χ0n) is 12.8. The molecule has 3 rings (SSSR count). The maximum atomic E-state index is 2.80. The summed E-state index contributed by atoms with van der Waals surface area (Å²) in [5, 5.41) is 0.